The summed E-state index contributed by atoms with van der Waals surface area (Å²) >= 11 is 0. The summed E-state index contributed by atoms with van der Waals surface area (Å²) < 4.78 is 0. The topological polar surface area (TPSA) is 61.4 Å². The summed E-state index contributed by atoms with van der Waals surface area (Å²) in [5, 5.41) is 6.23. The summed E-state index contributed by atoms with van der Waals surface area (Å²) in [5.74, 6) is 0.756. The molecule has 0 aromatic heterocycles. The van der Waals surface area contributed by atoms with Gasteiger partial charge in [0.25, 0.3) is 0 Å². The van der Waals surface area contributed by atoms with Crippen molar-refractivity contribution in [3.8, 4) is 0 Å². The van der Waals surface area contributed by atoms with E-state index in [1.54, 1.807) is 19.0 Å². The van der Waals surface area contributed by atoms with Gasteiger partial charge in [0.2, 0.25) is 11.8 Å². The summed E-state index contributed by atoms with van der Waals surface area (Å²) in [7, 11) is 3.46. The van der Waals surface area contributed by atoms with E-state index in [1.165, 1.54) is 0 Å². The zero-order chi connectivity index (χ0) is 15.1. The summed E-state index contributed by atoms with van der Waals surface area (Å²) in [6.07, 6.45) is 3.43. The van der Waals surface area contributed by atoms with Gasteiger partial charge in [-0.2, -0.15) is 0 Å². The van der Waals surface area contributed by atoms with E-state index in [1.807, 2.05) is 0 Å². The Labute approximate surface area is 122 Å². The third-order valence-corrected chi connectivity index (χ3v) is 3.65. The molecule has 5 heteroatoms. The second-order valence-corrected chi connectivity index (χ2v) is 6.40. The molecule has 0 aromatic carbocycles. The highest BCUT2D eigenvalue weighted by Gasteiger charge is 2.25. The average molecular weight is 283 g/mol. The lowest BCUT2D eigenvalue weighted by atomic mass is 9.95. The Morgan fingerprint density at radius 1 is 1.35 bits per heavy atom. The smallest absolute Gasteiger partial charge is 0.244 e. The van der Waals surface area contributed by atoms with Crippen molar-refractivity contribution in [1.29, 1.82) is 0 Å². The number of hydrogen-bond donors (Lipinski definition) is 2. The predicted molar refractivity (Wildman–Crippen MR) is 80.3 cm³/mol. The van der Waals surface area contributed by atoms with Crippen molar-refractivity contribution >= 4 is 11.8 Å². The first-order chi connectivity index (χ1) is 9.40. The molecule has 2 unspecified atom stereocenters. The normalized spacial score (nSPS) is 20.6. The number of carbonyl (C=O) groups excluding carboxylic acids is 2. The second-order valence-electron chi connectivity index (χ2n) is 6.40. The van der Waals surface area contributed by atoms with Gasteiger partial charge < -0.3 is 15.5 Å². The molecule has 2 atom stereocenters. The number of piperidine rings is 1. The Balaban J connectivity index is 2.50. The lowest BCUT2D eigenvalue weighted by molar-refractivity contribution is -0.135. The first kappa shape index (κ1) is 17.0. The molecule has 0 aromatic rings. The number of hydrogen-bond acceptors (Lipinski definition) is 3. The molecule has 1 saturated heterocycles. The minimum absolute atomic E-state index is 0.000417. The second kappa shape index (κ2) is 8.25. The Kier molecular flexibility index (Phi) is 6.99. The van der Waals surface area contributed by atoms with Crippen molar-refractivity contribution in [3.05, 3.63) is 0 Å². The van der Waals surface area contributed by atoms with Crippen LogP contribution in [0.4, 0.5) is 0 Å². The Bertz CT molecular complexity index is 323. The molecule has 1 heterocycles. The van der Waals surface area contributed by atoms with Crippen LogP contribution in [-0.4, -0.2) is 49.9 Å². The van der Waals surface area contributed by atoms with Gasteiger partial charge in [-0.05, 0) is 44.2 Å². The van der Waals surface area contributed by atoms with Crippen molar-refractivity contribution < 1.29 is 9.59 Å². The summed E-state index contributed by atoms with van der Waals surface area (Å²) in [6, 6.07) is -0.394. The maximum atomic E-state index is 12.1. The molecule has 1 aliphatic heterocycles. The lowest BCUT2D eigenvalue weighted by Crippen LogP contribution is -2.47. The molecule has 0 spiro atoms. The van der Waals surface area contributed by atoms with E-state index >= 15 is 0 Å². The largest absolute Gasteiger partial charge is 0.347 e. The van der Waals surface area contributed by atoms with Gasteiger partial charge in [-0.25, -0.2) is 0 Å². The van der Waals surface area contributed by atoms with Gasteiger partial charge >= 0.3 is 0 Å². The zero-order valence-electron chi connectivity index (χ0n) is 13.2. The van der Waals surface area contributed by atoms with Gasteiger partial charge in [0.05, 0.1) is 0 Å². The van der Waals surface area contributed by atoms with Crippen LogP contribution in [-0.2, 0) is 9.59 Å². The van der Waals surface area contributed by atoms with Crippen LogP contribution in [0.2, 0.25) is 0 Å². The molecule has 0 saturated carbocycles. The van der Waals surface area contributed by atoms with Gasteiger partial charge in [0.15, 0.2) is 0 Å². The van der Waals surface area contributed by atoms with Crippen LogP contribution in [0, 0.1) is 11.8 Å². The molecule has 20 heavy (non-hydrogen) atoms. The fraction of sp³-hybridized carbons (Fsp3) is 0.867. The zero-order valence-corrected chi connectivity index (χ0v) is 13.2. The van der Waals surface area contributed by atoms with E-state index in [4.69, 9.17) is 0 Å². The summed E-state index contributed by atoms with van der Waals surface area (Å²) in [4.78, 5) is 25.8. The molecular formula is C15H29N3O2. The van der Waals surface area contributed by atoms with E-state index in [9.17, 15) is 9.59 Å². The van der Waals surface area contributed by atoms with Crippen molar-refractivity contribution in [2.75, 3.05) is 27.2 Å². The quantitative estimate of drug-likeness (QED) is 0.764. The standard InChI is InChI=1S/C15H29N3O2/c1-11(2)8-13(15(20)18(3)4)17-14(19)9-12-6-5-7-16-10-12/h11-13,16H,5-10H2,1-4H3,(H,17,19). The van der Waals surface area contributed by atoms with Crippen molar-refractivity contribution in [3.63, 3.8) is 0 Å². The average Bonchev–Trinajstić information content (AvgIpc) is 2.37. The van der Waals surface area contributed by atoms with E-state index < -0.39 is 6.04 Å². The monoisotopic (exact) mass is 283 g/mol. The van der Waals surface area contributed by atoms with Gasteiger partial charge in [-0.1, -0.05) is 13.8 Å². The predicted octanol–water partition coefficient (Wildman–Crippen LogP) is 0.995. The molecule has 1 rings (SSSR count). The maximum absolute atomic E-state index is 12.1. The highest BCUT2D eigenvalue weighted by Crippen LogP contribution is 2.14. The van der Waals surface area contributed by atoms with E-state index in [2.05, 4.69) is 24.5 Å². The van der Waals surface area contributed by atoms with Crippen LogP contribution < -0.4 is 10.6 Å². The van der Waals surface area contributed by atoms with Crippen LogP contribution in [0.5, 0.6) is 0 Å². The Morgan fingerprint density at radius 2 is 2.05 bits per heavy atom. The fourth-order valence-corrected chi connectivity index (χ4v) is 2.62. The highest BCUT2D eigenvalue weighted by molar-refractivity contribution is 5.87. The molecular weight excluding hydrogens is 254 g/mol. The highest BCUT2D eigenvalue weighted by atomic mass is 16.2. The molecule has 0 radical (unpaired) electrons. The van der Waals surface area contributed by atoms with Gasteiger partial charge in [0.1, 0.15) is 6.04 Å². The van der Waals surface area contributed by atoms with E-state index in [0.29, 0.717) is 24.7 Å². The maximum Gasteiger partial charge on any atom is 0.244 e. The molecule has 2 N–H and O–H groups in total. The van der Waals surface area contributed by atoms with Crippen LogP contribution >= 0.6 is 0 Å². The molecule has 2 amide bonds. The Morgan fingerprint density at radius 3 is 2.55 bits per heavy atom. The van der Waals surface area contributed by atoms with Gasteiger partial charge in [-0.3, -0.25) is 9.59 Å². The minimum Gasteiger partial charge on any atom is -0.347 e. The van der Waals surface area contributed by atoms with Crippen molar-refractivity contribution in [2.24, 2.45) is 11.8 Å². The van der Waals surface area contributed by atoms with Gasteiger partial charge in [-0.15, -0.1) is 0 Å². The van der Waals surface area contributed by atoms with E-state index in [-0.39, 0.29) is 11.8 Å². The minimum atomic E-state index is -0.394. The molecule has 0 aliphatic carbocycles. The van der Waals surface area contributed by atoms with Crippen LogP contribution in [0.25, 0.3) is 0 Å². The SMILES string of the molecule is CC(C)CC(NC(=O)CC1CCCNC1)C(=O)N(C)C. The Hall–Kier alpha value is -1.10. The molecule has 116 valence electrons. The number of nitrogens with zero attached hydrogens (tertiary/aromatic N) is 1. The van der Waals surface area contributed by atoms with Gasteiger partial charge in [0, 0.05) is 20.5 Å². The van der Waals surface area contributed by atoms with Crippen molar-refractivity contribution in [1.82, 2.24) is 15.5 Å². The molecule has 1 fully saturated rings. The first-order valence-electron chi connectivity index (χ1n) is 7.61. The van der Waals surface area contributed by atoms with Crippen molar-refractivity contribution in [2.45, 2.75) is 45.6 Å². The van der Waals surface area contributed by atoms with Crippen LogP contribution in [0.1, 0.15) is 39.5 Å². The molecule has 5 nitrogen and oxygen atoms in total. The van der Waals surface area contributed by atoms with E-state index in [0.717, 1.165) is 25.9 Å². The molecule has 0 bridgehead atoms. The summed E-state index contributed by atoms with van der Waals surface area (Å²) in [5.41, 5.74) is 0. The third-order valence-electron chi connectivity index (χ3n) is 3.65. The number of rotatable bonds is 6. The number of nitrogens with one attached hydrogen (secondary N) is 2. The third kappa shape index (κ3) is 5.90. The number of carbonyl (C=O) groups is 2. The fourth-order valence-electron chi connectivity index (χ4n) is 2.62. The first-order valence-corrected chi connectivity index (χ1v) is 7.61. The number of likely N-dealkylation sites (N-methyl/N-ethyl adjacent to an activating group) is 1. The van der Waals surface area contributed by atoms with Crippen LogP contribution in [0.3, 0.4) is 0 Å². The van der Waals surface area contributed by atoms with Crippen LogP contribution in [0.15, 0.2) is 0 Å². The molecule has 1 aliphatic rings. The number of amides is 2. The summed E-state index contributed by atoms with van der Waals surface area (Å²) in [6.45, 7) is 6.08. The lowest BCUT2D eigenvalue weighted by Gasteiger charge is -2.26.